The molecule has 10 nitrogen and oxygen atoms in total. The van der Waals surface area contributed by atoms with Gasteiger partial charge in [-0.05, 0) is 30.5 Å². The Bertz CT molecular complexity index is 940. The Morgan fingerprint density at radius 3 is 2.50 bits per heavy atom. The Hall–Kier alpha value is -2.50. The van der Waals surface area contributed by atoms with Gasteiger partial charge in [0.15, 0.2) is 11.5 Å². The molecular formula is C23H33N5O5S. The second-order valence-corrected chi connectivity index (χ2v) is 10.1. The van der Waals surface area contributed by atoms with Crippen molar-refractivity contribution in [3.8, 4) is 11.5 Å². The fraction of sp³-hybridized carbons (Fsp3) is 0.609. The van der Waals surface area contributed by atoms with Crippen molar-refractivity contribution in [3.63, 3.8) is 0 Å². The van der Waals surface area contributed by atoms with Crippen molar-refractivity contribution in [2.75, 3.05) is 34.1 Å². The molecule has 0 spiro atoms. The Balaban J connectivity index is 1.56. The fourth-order valence-corrected chi connectivity index (χ4v) is 6.05. The summed E-state index contributed by atoms with van der Waals surface area (Å²) >= 11 is 1.40. The van der Waals surface area contributed by atoms with Crippen molar-refractivity contribution in [2.24, 2.45) is 5.92 Å². The molecule has 2 saturated heterocycles. The molecule has 1 aliphatic carbocycles. The minimum atomic E-state index is -0.548. The zero-order valence-electron chi connectivity index (χ0n) is 20.0. The highest BCUT2D eigenvalue weighted by Crippen LogP contribution is 2.36. The zero-order chi connectivity index (χ0) is 24.4. The molecule has 2 aliphatic heterocycles. The van der Waals surface area contributed by atoms with Crippen LogP contribution in [0.5, 0.6) is 11.5 Å². The first-order valence-corrected chi connectivity index (χ1v) is 12.6. The van der Waals surface area contributed by atoms with Crippen LogP contribution in [-0.2, 0) is 9.59 Å². The first-order chi connectivity index (χ1) is 16.3. The molecule has 3 N–H and O–H groups in total. The molecule has 1 aromatic rings. The van der Waals surface area contributed by atoms with Crippen LogP contribution in [0.25, 0.3) is 0 Å². The summed E-state index contributed by atoms with van der Waals surface area (Å²) in [5.74, 6) is 0.564. The van der Waals surface area contributed by atoms with Crippen LogP contribution in [0.15, 0.2) is 18.2 Å². The zero-order valence-corrected chi connectivity index (χ0v) is 20.8. The van der Waals surface area contributed by atoms with Gasteiger partial charge in [0.05, 0.1) is 43.6 Å². The number of hydrogen-bond donors (Lipinski definition) is 3. The largest absolute Gasteiger partial charge is 0.493 e. The average molecular weight is 492 g/mol. The number of nitrogens with one attached hydrogen (secondary N) is 3. The average Bonchev–Trinajstić information content (AvgIpc) is 3.36. The van der Waals surface area contributed by atoms with Crippen LogP contribution in [0.2, 0.25) is 0 Å². The Morgan fingerprint density at radius 2 is 1.82 bits per heavy atom. The summed E-state index contributed by atoms with van der Waals surface area (Å²) in [6.07, 6.45) is 3.43. The molecule has 34 heavy (non-hydrogen) atoms. The number of rotatable bonds is 7. The highest BCUT2D eigenvalue weighted by molar-refractivity contribution is 8.00. The monoisotopic (exact) mass is 491 g/mol. The normalized spacial score (nSPS) is 27.5. The molecule has 4 atom stereocenters. The van der Waals surface area contributed by atoms with E-state index in [0.29, 0.717) is 11.5 Å². The van der Waals surface area contributed by atoms with Gasteiger partial charge in [-0.15, -0.1) is 11.8 Å². The second-order valence-electron chi connectivity index (χ2n) is 8.92. The summed E-state index contributed by atoms with van der Waals surface area (Å²) in [4.78, 5) is 41.1. The lowest BCUT2D eigenvalue weighted by Crippen LogP contribution is -2.72. The molecule has 3 aliphatic rings. The number of imide groups is 1. The summed E-state index contributed by atoms with van der Waals surface area (Å²) in [6, 6.07) is 5.45. The number of thioether (sulfide) groups is 1. The van der Waals surface area contributed by atoms with E-state index >= 15 is 0 Å². The smallest absolute Gasteiger partial charge is 0.327 e. The van der Waals surface area contributed by atoms with Crippen molar-refractivity contribution in [3.05, 3.63) is 23.8 Å². The van der Waals surface area contributed by atoms with Crippen LogP contribution in [0.4, 0.5) is 4.79 Å². The van der Waals surface area contributed by atoms with Gasteiger partial charge in [-0.1, -0.05) is 18.9 Å². The number of methoxy groups -OCH3 is 2. The number of fused-ring (bicyclic) bond motifs is 1. The van der Waals surface area contributed by atoms with Gasteiger partial charge in [-0.2, -0.15) is 0 Å². The van der Waals surface area contributed by atoms with Crippen LogP contribution >= 0.6 is 11.8 Å². The highest BCUT2D eigenvalue weighted by atomic mass is 32.2. The van der Waals surface area contributed by atoms with E-state index in [2.05, 4.69) is 16.0 Å². The molecule has 1 saturated carbocycles. The first kappa shape index (κ1) is 24.6. The molecule has 0 aromatic heterocycles. The van der Waals surface area contributed by atoms with Crippen molar-refractivity contribution < 1.29 is 23.9 Å². The van der Waals surface area contributed by atoms with Gasteiger partial charge >= 0.3 is 6.03 Å². The molecular weight excluding hydrogens is 458 g/mol. The minimum Gasteiger partial charge on any atom is -0.493 e. The molecule has 1 aromatic carbocycles. The number of amides is 4. The van der Waals surface area contributed by atoms with Gasteiger partial charge in [-0.25, -0.2) is 4.79 Å². The lowest BCUT2D eigenvalue weighted by Gasteiger charge is -2.50. The molecule has 186 valence electrons. The second kappa shape index (κ2) is 10.4. The summed E-state index contributed by atoms with van der Waals surface area (Å²) in [5, 5.41) is 9.61. The number of hydrogen-bond acceptors (Lipinski definition) is 8. The van der Waals surface area contributed by atoms with E-state index in [1.165, 1.54) is 18.8 Å². The van der Waals surface area contributed by atoms with E-state index in [1.54, 1.807) is 26.2 Å². The van der Waals surface area contributed by atoms with Gasteiger partial charge in [0, 0.05) is 20.1 Å². The van der Waals surface area contributed by atoms with E-state index in [0.717, 1.165) is 36.1 Å². The van der Waals surface area contributed by atoms with Gasteiger partial charge in [-0.3, -0.25) is 25.1 Å². The summed E-state index contributed by atoms with van der Waals surface area (Å²) in [5.41, 5.74) is 0.865. The van der Waals surface area contributed by atoms with Crippen molar-refractivity contribution >= 4 is 29.6 Å². The molecule has 4 unspecified atom stereocenters. The number of benzene rings is 1. The molecule has 11 heteroatoms. The van der Waals surface area contributed by atoms with Crippen molar-refractivity contribution in [1.82, 2.24) is 25.8 Å². The molecule has 0 bridgehead atoms. The first-order valence-electron chi connectivity index (χ1n) is 11.5. The number of ether oxygens (including phenoxy) is 2. The summed E-state index contributed by atoms with van der Waals surface area (Å²) < 4.78 is 10.8. The maximum atomic E-state index is 13.1. The maximum absolute atomic E-state index is 13.1. The van der Waals surface area contributed by atoms with E-state index < -0.39 is 12.1 Å². The third-order valence-corrected chi connectivity index (χ3v) is 8.03. The lowest BCUT2D eigenvalue weighted by atomic mass is 9.96. The van der Waals surface area contributed by atoms with Crippen LogP contribution in [0.1, 0.15) is 37.4 Å². The van der Waals surface area contributed by atoms with Gasteiger partial charge in [0.25, 0.3) is 0 Å². The predicted octanol–water partition coefficient (Wildman–Crippen LogP) is 1.48. The van der Waals surface area contributed by atoms with Crippen LogP contribution < -0.4 is 25.4 Å². The van der Waals surface area contributed by atoms with Crippen molar-refractivity contribution in [1.29, 1.82) is 0 Å². The molecule has 2 heterocycles. The number of urea groups is 1. The topological polar surface area (TPSA) is 112 Å². The van der Waals surface area contributed by atoms with Crippen LogP contribution in [-0.4, -0.2) is 79.3 Å². The SMILES string of the molecule is COc1ccc(C2NC(SCC(=O)NC3CCCC3)C3C(=O)N(C)C(=O)N(C)C3N2)cc1OC. The molecule has 0 radical (unpaired) electrons. The minimum absolute atomic E-state index is 0.0301. The van der Waals surface area contributed by atoms with E-state index in [9.17, 15) is 14.4 Å². The van der Waals surface area contributed by atoms with Crippen LogP contribution in [0.3, 0.4) is 0 Å². The summed E-state index contributed by atoms with van der Waals surface area (Å²) in [7, 11) is 6.32. The third kappa shape index (κ3) is 4.82. The third-order valence-electron chi connectivity index (χ3n) is 6.81. The predicted molar refractivity (Wildman–Crippen MR) is 128 cm³/mol. The number of nitrogens with zero attached hydrogens (tertiary/aromatic N) is 2. The Kier molecular flexibility index (Phi) is 7.54. The maximum Gasteiger partial charge on any atom is 0.327 e. The molecule has 3 fully saturated rings. The van der Waals surface area contributed by atoms with E-state index in [-0.39, 0.29) is 41.2 Å². The van der Waals surface area contributed by atoms with E-state index in [4.69, 9.17) is 9.47 Å². The fourth-order valence-electron chi connectivity index (χ4n) is 4.93. The standard InChI is InChI=1S/C23H33N5O5S/c1-27-20-18(22(30)28(2)23(27)31)21(34-12-17(29)24-14-7-5-6-8-14)26-19(25-20)13-9-10-15(32-3)16(11-13)33-4/h9-11,14,18-21,25-26H,5-8,12H2,1-4H3,(H,24,29). The number of carbonyl (C=O) groups excluding carboxylic acids is 3. The van der Waals surface area contributed by atoms with Gasteiger partial charge < -0.3 is 19.7 Å². The quantitative estimate of drug-likeness (QED) is 0.526. The molecule has 4 amide bonds. The van der Waals surface area contributed by atoms with Gasteiger partial charge in [0.2, 0.25) is 11.8 Å². The van der Waals surface area contributed by atoms with Crippen LogP contribution in [0, 0.1) is 5.92 Å². The van der Waals surface area contributed by atoms with Gasteiger partial charge in [0.1, 0.15) is 0 Å². The molecule has 4 rings (SSSR count). The Morgan fingerprint density at radius 1 is 1.12 bits per heavy atom. The Labute approximate surface area is 204 Å². The number of carbonyl (C=O) groups is 3. The summed E-state index contributed by atoms with van der Waals surface area (Å²) in [6.45, 7) is 0. The van der Waals surface area contributed by atoms with Crippen molar-refractivity contribution in [2.45, 2.75) is 49.4 Å². The lowest BCUT2D eigenvalue weighted by molar-refractivity contribution is -0.140. The van der Waals surface area contributed by atoms with E-state index in [1.807, 2.05) is 18.2 Å². The highest BCUT2D eigenvalue weighted by Gasteiger charge is 2.51.